The number of ether oxygens (including phenoxy) is 1. The fourth-order valence-corrected chi connectivity index (χ4v) is 3.39. The number of carbonyl (C=O) groups excluding carboxylic acids is 1. The fraction of sp³-hybridized carbons (Fsp3) is 0.227. The molecule has 1 aromatic carbocycles. The van der Waals surface area contributed by atoms with Crippen molar-refractivity contribution < 1.29 is 9.53 Å². The molecule has 0 N–H and O–H groups in total. The van der Waals surface area contributed by atoms with Gasteiger partial charge < -0.3 is 4.74 Å². The minimum Gasteiger partial charge on any atom is -0.454 e. The molecule has 0 aliphatic carbocycles. The van der Waals surface area contributed by atoms with Crippen LogP contribution in [0, 0.1) is 6.92 Å². The van der Waals surface area contributed by atoms with Crippen LogP contribution < -0.4 is 11.1 Å². The third kappa shape index (κ3) is 3.47. The summed E-state index contributed by atoms with van der Waals surface area (Å²) in [5, 5.41) is 5.07. The molecule has 30 heavy (non-hydrogen) atoms. The van der Waals surface area contributed by atoms with E-state index in [4.69, 9.17) is 4.74 Å². The first-order valence-corrected chi connectivity index (χ1v) is 9.65. The second kappa shape index (κ2) is 7.90. The zero-order valence-electron chi connectivity index (χ0n) is 16.7. The molecule has 0 fully saturated rings. The highest BCUT2D eigenvalue weighted by atomic mass is 16.5. The molecule has 3 heterocycles. The number of hydrogen-bond acceptors (Lipinski definition) is 6. The van der Waals surface area contributed by atoms with E-state index in [1.54, 1.807) is 36.4 Å². The van der Waals surface area contributed by atoms with Gasteiger partial charge in [0.05, 0.1) is 11.1 Å². The van der Waals surface area contributed by atoms with Crippen LogP contribution in [0.1, 0.15) is 35.2 Å². The number of rotatable bonds is 5. The van der Waals surface area contributed by atoms with Gasteiger partial charge in [-0.05, 0) is 31.5 Å². The number of fused-ring (bicyclic) bond motifs is 2. The lowest BCUT2D eigenvalue weighted by Gasteiger charge is -2.10. The van der Waals surface area contributed by atoms with Gasteiger partial charge in [0.2, 0.25) is 0 Å². The number of pyridine rings is 1. The van der Waals surface area contributed by atoms with Crippen LogP contribution in [-0.2, 0) is 17.9 Å². The van der Waals surface area contributed by atoms with Crippen LogP contribution in [0.15, 0.2) is 58.1 Å². The first kappa shape index (κ1) is 19.5. The number of aryl methyl sites for hydroxylation is 2. The van der Waals surface area contributed by atoms with E-state index in [1.807, 2.05) is 19.9 Å². The Hall–Kier alpha value is -3.81. The van der Waals surface area contributed by atoms with Crippen molar-refractivity contribution in [2.75, 3.05) is 0 Å². The maximum Gasteiger partial charge on any atom is 0.359 e. The Balaban J connectivity index is 1.67. The Morgan fingerprint density at radius 2 is 1.83 bits per heavy atom. The van der Waals surface area contributed by atoms with Gasteiger partial charge in [0, 0.05) is 23.7 Å². The van der Waals surface area contributed by atoms with Crippen LogP contribution in [0.4, 0.5) is 0 Å². The van der Waals surface area contributed by atoms with E-state index in [0.717, 1.165) is 5.69 Å². The van der Waals surface area contributed by atoms with E-state index in [9.17, 15) is 14.4 Å². The number of nitrogens with zero attached hydrogens (tertiary/aromatic N) is 4. The number of benzene rings is 1. The Kier molecular flexibility index (Phi) is 5.14. The molecule has 4 rings (SSSR count). The topological polar surface area (TPSA) is 95.6 Å². The maximum atomic E-state index is 12.8. The summed E-state index contributed by atoms with van der Waals surface area (Å²) >= 11 is 0. The van der Waals surface area contributed by atoms with E-state index in [1.165, 1.54) is 15.1 Å². The maximum absolute atomic E-state index is 12.8. The van der Waals surface area contributed by atoms with E-state index in [2.05, 4.69) is 10.1 Å². The number of hydrogen-bond donors (Lipinski definition) is 0. The highest BCUT2D eigenvalue weighted by Gasteiger charge is 2.18. The minimum absolute atomic E-state index is 0.0620. The van der Waals surface area contributed by atoms with Crippen molar-refractivity contribution in [2.45, 2.75) is 33.4 Å². The van der Waals surface area contributed by atoms with Crippen molar-refractivity contribution in [3.63, 3.8) is 0 Å². The Morgan fingerprint density at radius 1 is 1.07 bits per heavy atom. The zero-order valence-corrected chi connectivity index (χ0v) is 16.7. The molecular formula is C22H20N4O4. The molecule has 0 radical (unpaired) electrons. The molecule has 0 amide bonds. The lowest BCUT2D eigenvalue weighted by atomic mass is 10.1. The summed E-state index contributed by atoms with van der Waals surface area (Å²) < 4.78 is 8.17. The summed E-state index contributed by atoms with van der Waals surface area (Å²) in [6.07, 6.45) is 0.699. The molecule has 152 valence electrons. The molecule has 0 saturated carbocycles. The summed E-state index contributed by atoms with van der Waals surface area (Å²) in [5.41, 5.74) is 1.15. The number of esters is 1. The van der Waals surface area contributed by atoms with E-state index in [-0.39, 0.29) is 23.4 Å². The Morgan fingerprint density at radius 3 is 2.60 bits per heavy atom. The van der Waals surface area contributed by atoms with Crippen molar-refractivity contribution >= 4 is 22.4 Å². The monoisotopic (exact) mass is 404 g/mol. The van der Waals surface area contributed by atoms with Crippen LogP contribution in [0.5, 0.6) is 0 Å². The molecule has 3 aromatic heterocycles. The van der Waals surface area contributed by atoms with Crippen molar-refractivity contribution in [1.82, 2.24) is 19.2 Å². The molecule has 8 heteroatoms. The summed E-state index contributed by atoms with van der Waals surface area (Å²) in [4.78, 5) is 42.1. The van der Waals surface area contributed by atoms with Crippen LogP contribution >= 0.6 is 0 Å². The third-order valence-corrected chi connectivity index (χ3v) is 4.78. The van der Waals surface area contributed by atoms with Gasteiger partial charge in [-0.15, -0.1) is 0 Å². The first-order valence-electron chi connectivity index (χ1n) is 9.65. The summed E-state index contributed by atoms with van der Waals surface area (Å²) in [6.45, 7) is 3.96. The molecule has 0 aliphatic heterocycles. The number of carbonyl (C=O) groups is 1. The first-order chi connectivity index (χ1) is 14.5. The third-order valence-electron chi connectivity index (χ3n) is 4.78. The predicted molar refractivity (Wildman–Crippen MR) is 112 cm³/mol. The predicted octanol–water partition coefficient (Wildman–Crippen LogP) is 2.48. The van der Waals surface area contributed by atoms with Gasteiger partial charge >= 0.3 is 5.97 Å². The molecule has 0 bridgehead atoms. The van der Waals surface area contributed by atoms with E-state index >= 15 is 0 Å². The highest BCUT2D eigenvalue weighted by molar-refractivity contribution is 6.02. The van der Waals surface area contributed by atoms with Crippen molar-refractivity contribution in [3.05, 3.63) is 86.3 Å². The Bertz CT molecular complexity index is 1390. The number of aromatic nitrogens is 4. The Labute approximate surface area is 171 Å². The highest BCUT2D eigenvalue weighted by Crippen LogP contribution is 2.15. The fourth-order valence-electron chi connectivity index (χ4n) is 3.39. The molecule has 8 nitrogen and oxygen atoms in total. The SMILES string of the molecule is CCCn1nc(C(=O)OCc2cc(=O)n3c(C)cccc3n2)c2ccccc2c1=O. The summed E-state index contributed by atoms with van der Waals surface area (Å²) in [7, 11) is 0. The largest absolute Gasteiger partial charge is 0.454 e. The molecule has 4 aromatic rings. The van der Waals surface area contributed by atoms with Gasteiger partial charge in [-0.2, -0.15) is 5.10 Å². The molecule has 0 atom stereocenters. The zero-order chi connectivity index (χ0) is 21.3. The van der Waals surface area contributed by atoms with Crippen LogP contribution in [-0.4, -0.2) is 25.1 Å². The van der Waals surface area contributed by atoms with Crippen molar-refractivity contribution in [2.24, 2.45) is 0 Å². The molecule has 0 spiro atoms. The lowest BCUT2D eigenvalue weighted by Crippen LogP contribution is -2.26. The minimum atomic E-state index is -0.678. The smallest absolute Gasteiger partial charge is 0.359 e. The second-order valence-electron chi connectivity index (χ2n) is 6.95. The standard InChI is InChI=1S/C22H20N4O4/c1-3-11-25-21(28)17-9-5-4-8-16(17)20(24-25)22(29)30-13-15-12-19(27)26-14(2)7-6-10-18(26)23-15/h4-10,12H,3,11,13H2,1-2H3. The van der Waals surface area contributed by atoms with Crippen molar-refractivity contribution in [1.29, 1.82) is 0 Å². The molecule has 0 unspecified atom stereocenters. The van der Waals surface area contributed by atoms with E-state index < -0.39 is 5.97 Å². The summed E-state index contributed by atoms with van der Waals surface area (Å²) in [6, 6.07) is 13.5. The van der Waals surface area contributed by atoms with Gasteiger partial charge in [-0.3, -0.25) is 14.0 Å². The molecule has 0 aliphatic rings. The van der Waals surface area contributed by atoms with Gasteiger partial charge in [0.15, 0.2) is 5.69 Å². The van der Waals surface area contributed by atoms with E-state index in [0.29, 0.717) is 35.1 Å². The average molecular weight is 404 g/mol. The van der Waals surface area contributed by atoms with Crippen LogP contribution in [0.2, 0.25) is 0 Å². The second-order valence-corrected chi connectivity index (χ2v) is 6.95. The average Bonchev–Trinajstić information content (AvgIpc) is 2.74. The van der Waals surface area contributed by atoms with Gasteiger partial charge in [0.25, 0.3) is 11.1 Å². The normalized spacial score (nSPS) is 11.1. The van der Waals surface area contributed by atoms with Crippen LogP contribution in [0.25, 0.3) is 16.4 Å². The van der Waals surface area contributed by atoms with Gasteiger partial charge in [0.1, 0.15) is 12.3 Å². The van der Waals surface area contributed by atoms with Crippen molar-refractivity contribution in [3.8, 4) is 0 Å². The quantitative estimate of drug-likeness (QED) is 0.474. The lowest BCUT2D eigenvalue weighted by molar-refractivity contribution is 0.0460. The molecule has 0 saturated heterocycles. The molecular weight excluding hydrogens is 384 g/mol. The van der Waals surface area contributed by atoms with Crippen LogP contribution in [0.3, 0.4) is 0 Å². The summed E-state index contributed by atoms with van der Waals surface area (Å²) in [5.74, 6) is -0.678. The van der Waals surface area contributed by atoms with Gasteiger partial charge in [-0.25, -0.2) is 14.5 Å². The van der Waals surface area contributed by atoms with Gasteiger partial charge in [-0.1, -0.05) is 31.2 Å².